The maximum absolute atomic E-state index is 12.9. The van der Waals surface area contributed by atoms with Gasteiger partial charge in [0.2, 0.25) is 0 Å². The molecule has 3 aromatic rings. The van der Waals surface area contributed by atoms with Gasteiger partial charge in [-0.05, 0) is 46.3 Å². The Morgan fingerprint density at radius 1 is 1.07 bits per heavy atom. The van der Waals surface area contributed by atoms with E-state index in [1.807, 2.05) is 42.1 Å². The van der Waals surface area contributed by atoms with Gasteiger partial charge in [-0.25, -0.2) is 4.68 Å². The molecule has 1 aliphatic rings. The largest absolute Gasteiger partial charge is 0.495 e. The lowest BCUT2D eigenvalue weighted by atomic mass is 10.2. The van der Waals surface area contributed by atoms with Crippen molar-refractivity contribution in [3.8, 4) is 11.4 Å². The number of anilines is 1. The van der Waals surface area contributed by atoms with E-state index in [0.29, 0.717) is 16.0 Å². The number of benzene rings is 2. The topological polar surface area (TPSA) is 42.6 Å². The minimum Gasteiger partial charge on any atom is -0.495 e. The molecule has 4 rings (SSSR count). The standard InChI is InChI=1S/C22H24BrClN4O2/c1-25-19(21(23)22(29)28(25)17-7-5-6-16(24)14-17)15-26-10-12-27(13-11-26)18-8-3-4-9-20(18)30-2/h3-9,14H,10-13,15H2,1-2H3. The summed E-state index contributed by atoms with van der Waals surface area (Å²) in [4.78, 5) is 17.6. The molecular weight excluding hydrogens is 468 g/mol. The van der Waals surface area contributed by atoms with Crippen molar-refractivity contribution in [2.24, 2.45) is 7.05 Å². The quantitative estimate of drug-likeness (QED) is 0.543. The molecular formula is C22H24BrClN4O2. The van der Waals surface area contributed by atoms with E-state index < -0.39 is 0 Å². The van der Waals surface area contributed by atoms with Gasteiger partial charge in [-0.2, -0.15) is 0 Å². The van der Waals surface area contributed by atoms with Crippen LogP contribution in [0.4, 0.5) is 5.69 Å². The number of nitrogens with zero attached hydrogens (tertiary/aromatic N) is 4. The third kappa shape index (κ3) is 4.02. The summed E-state index contributed by atoms with van der Waals surface area (Å²) in [6.45, 7) is 4.31. The van der Waals surface area contributed by atoms with Crippen LogP contribution in [0.2, 0.25) is 5.02 Å². The lowest BCUT2D eigenvalue weighted by Crippen LogP contribution is -2.46. The second kappa shape index (κ2) is 8.88. The number of hydrogen-bond donors (Lipinski definition) is 0. The first-order valence-corrected chi connectivity index (χ1v) is 11.0. The van der Waals surface area contributed by atoms with Crippen LogP contribution < -0.4 is 15.2 Å². The maximum atomic E-state index is 12.9. The zero-order valence-electron chi connectivity index (χ0n) is 17.0. The van der Waals surface area contributed by atoms with Crippen LogP contribution >= 0.6 is 27.5 Å². The fourth-order valence-electron chi connectivity index (χ4n) is 3.94. The predicted octanol–water partition coefficient (Wildman–Crippen LogP) is 3.92. The second-order valence-electron chi connectivity index (χ2n) is 7.32. The van der Waals surface area contributed by atoms with Crippen LogP contribution in [-0.4, -0.2) is 47.6 Å². The Bertz CT molecular complexity index is 1100. The molecule has 0 N–H and O–H groups in total. The Morgan fingerprint density at radius 2 is 1.80 bits per heavy atom. The smallest absolute Gasteiger partial charge is 0.286 e. The minimum absolute atomic E-state index is 0.0811. The zero-order valence-corrected chi connectivity index (χ0v) is 19.4. The van der Waals surface area contributed by atoms with Crippen molar-refractivity contribution in [3.05, 3.63) is 74.1 Å². The van der Waals surface area contributed by atoms with Crippen molar-refractivity contribution in [1.29, 1.82) is 0 Å². The highest BCUT2D eigenvalue weighted by Gasteiger charge is 2.23. The highest BCUT2D eigenvalue weighted by atomic mass is 79.9. The number of halogens is 2. The summed E-state index contributed by atoms with van der Waals surface area (Å²) < 4.78 is 9.66. The molecule has 0 radical (unpaired) electrons. The maximum Gasteiger partial charge on any atom is 0.286 e. The van der Waals surface area contributed by atoms with E-state index in [-0.39, 0.29) is 5.56 Å². The van der Waals surface area contributed by atoms with E-state index in [1.165, 1.54) is 0 Å². The Balaban J connectivity index is 1.51. The van der Waals surface area contributed by atoms with E-state index in [4.69, 9.17) is 16.3 Å². The summed E-state index contributed by atoms with van der Waals surface area (Å²) in [6.07, 6.45) is 0. The van der Waals surface area contributed by atoms with Gasteiger partial charge in [0.05, 0.1) is 24.2 Å². The number of rotatable bonds is 5. The number of hydrogen-bond acceptors (Lipinski definition) is 4. The second-order valence-corrected chi connectivity index (χ2v) is 8.55. The summed E-state index contributed by atoms with van der Waals surface area (Å²) in [5.74, 6) is 0.898. The van der Waals surface area contributed by atoms with Gasteiger partial charge in [0.15, 0.2) is 0 Å². The molecule has 0 saturated carbocycles. The number of piperazine rings is 1. The van der Waals surface area contributed by atoms with Crippen LogP contribution in [0.5, 0.6) is 5.75 Å². The Morgan fingerprint density at radius 3 is 2.50 bits per heavy atom. The Labute approximate surface area is 189 Å². The monoisotopic (exact) mass is 490 g/mol. The van der Waals surface area contributed by atoms with Crippen LogP contribution in [0.1, 0.15) is 5.69 Å². The highest BCUT2D eigenvalue weighted by Crippen LogP contribution is 2.29. The summed E-state index contributed by atoms with van der Waals surface area (Å²) >= 11 is 9.65. The number of ether oxygens (including phenoxy) is 1. The van der Waals surface area contributed by atoms with Gasteiger partial charge < -0.3 is 9.64 Å². The molecule has 1 saturated heterocycles. The number of aromatic nitrogens is 2. The molecule has 0 bridgehead atoms. The summed E-state index contributed by atoms with van der Waals surface area (Å²) in [5.41, 5.74) is 2.75. The summed E-state index contributed by atoms with van der Waals surface area (Å²) in [6, 6.07) is 15.4. The van der Waals surface area contributed by atoms with Crippen molar-refractivity contribution in [1.82, 2.24) is 14.3 Å². The van der Waals surface area contributed by atoms with Crippen molar-refractivity contribution in [2.45, 2.75) is 6.54 Å². The van der Waals surface area contributed by atoms with Crippen molar-refractivity contribution in [2.75, 3.05) is 38.2 Å². The lowest BCUT2D eigenvalue weighted by Gasteiger charge is -2.36. The van der Waals surface area contributed by atoms with Gasteiger partial charge in [-0.3, -0.25) is 14.4 Å². The van der Waals surface area contributed by atoms with Gasteiger partial charge in [0.1, 0.15) is 10.2 Å². The van der Waals surface area contributed by atoms with Crippen molar-refractivity contribution in [3.63, 3.8) is 0 Å². The molecule has 0 amide bonds. The Hall–Kier alpha value is -2.22. The van der Waals surface area contributed by atoms with Crippen LogP contribution in [0.25, 0.3) is 5.69 Å². The number of methoxy groups -OCH3 is 1. The molecule has 0 unspecified atom stereocenters. The molecule has 1 fully saturated rings. The average molecular weight is 492 g/mol. The molecule has 158 valence electrons. The number of para-hydroxylation sites is 2. The van der Waals surface area contributed by atoms with Crippen LogP contribution in [-0.2, 0) is 13.6 Å². The molecule has 1 aromatic heterocycles. The lowest BCUT2D eigenvalue weighted by molar-refractivity contribution is 0.242. The molecule has 8 heteroatoms. The van der Waals surface area contributed by atoms with Crippen LogP contribution in [0.15, 0.2) is 57.8 Å². The first-order chi connectivity index (χ1) is 14.5. The van der Waals surface area contributed by atoms with Crippen molar-refractivity contribution < 1.29 is 4.74 Å². The van der Waals surface area contributed by atoms with E-state index in [1.54, 1.807) is 23.9 Å². The SMILES string of the molecule is COc1ccccc1N1CCN(Cc2c(Br)c(=O)n(-c3cccc(Cl)c3)n2C)CC1. The van der Waals surface area contributed by atoms with Crippen LogP contribution in [0.3, 0.4) is 0 Å². The summed E-state index contributed by atoms with van der Waals surface area (Å²) in [5, 5.41) is 0.603. The molecule has 2 aromatic carbocycles. The molecule has 0 spiro atoms. The molecule has 0 atom stereocenters. The third-order valence-electron chi connectivity index (χ3n) is 5.55. The van der Waals surface area contributed by atoms with Gasteiger partial charge >= 0.3 is 0 Å². The molecule has 6 nitrogen and oxygen atoms in total. The van der Waals surface area contributed by atoms with E-state index in [2.05, 4.69) is 31.8 Å². The third-order valence-corrected chi connectivity index (χ3v) is 6.58. The predicted molar refractivity (Wildman–Crippen MR) is 124 cm³/mol. The van der Waals surface area contributed by atoms with Gasteiger partial charge in [-0.15, -0.1) is 0 Å². The zero-order chi connectivity index (χ0) is 21.3. The fraction of sp³-hybridized carbons (Fsp3) is 0.318. The first-order valence-electron chi connectivity index (χ1n) is 9.82. The molecule has 30 heavy (non-hydrogen) atoms. The highest BCUT2D eigenvalue weighted by molar-refractivity contribution is 9.10. The molecule has 1 aliphatic heterocycles. The van der Waals surface area contributed by atoms with Gasteiger partial charge in [0, 0.05) is 44.8 Å². The summed E-state index contributed by atoms with van der Waals surface area (Å²) in [7, 11) is 3.62. The normalized spacial score (nSPS) is 14.9. The minimum atomic E-state index is -0.0811. The van der Waals surface area contributed by atoms with E-state index >= 15 is 0 Å². The van der Waals surface area contributed by atoms with E-state index in [0.717, 1.165) is 49.0 Å². The molecule has 2 heterocycles. The van der Waals surface area contributed by atoms with Gasteiger partial charge in [-0.1, -0.05) is 29.8 Å². The van der Waals surface area contributed by atoms with Crippen molar-refractivity contribution >= 4 is 33.2 Å². The van der Waals surface area contributed by atoms with Gasteiger partial charge in [0.25, 0.3) is 5.56 Å². The van der Waals surface area contributed by atoms with E-state index in [9.17, 15) is 4.79 Å². The van der Waals surface area contributed by atoms with Crippen LogP contribution in [0, 0.1) is 0 Å². The molecule has 0 aliphatic carbocycles. The first kappa shape index (κ1) is 21.0. The average Bonchev–Trinajstić information content (AvgIpc) is 2.97. The fourth-order valence-corrected chi connectivity index (χ4v) is 4.67. The Kier molecular flexibility index (Phi) is 6.22.